The minimum Gasteiger partial charge on any atom is -0.485 e. The van der Waals surface area contributed by atoms with Crippen LogP contribution in [0.5, 0.6) is 5.75 Å². The lowest BCUT2D eigenvalue weighted by Gasteiger charge is -2.14. The van der Waals surface area contributed by atoms with Crippen LogP contribution in [-0.4, -0.2) is 25.9 Å². The number of nitrogens with zero attached hydrogens (tertiary/aromatic N) is 3. The summed E-state index contributed by atoms with van der Waals surface area (Å²) in [6.07, 6.45) is 0.659. The predicted molar refractivity (Wildman–Crippen MR) is 117 cm³/mol. The normalized spacial score (nSPS) is 11.9. The standard InChI is InChI=1S/C21H23ClN4O2S/c1-4-18(20(27)23-16-11-9-15(22)10-12-16)29-21-25-24-19(26(21)3)13-28-17-8-6-5-7-14(17)2/h5-12,18H,4,13H2,1-3H3,(H,23,27)/t18-/m0/s1. The van der Waals surface area contributed by atoms with Gasteiger partial charge >= 0.3 is 0 Å². The molecule has 0 saturated carbocycles. The first kappa shape index (κ1) is 21.2. The zero-order chi connectivity index (χ0) is 20.8. The summed E-state index contributed by atoms with van der Waals surface area (Å²) in [7, 11) is 1.88. The van der Waals surface area contributed by atoms with Gasteiger partial charge in [-0.25, -0.2) is 0 Å². The van der Waals surface area contributed by atoms with Crippen molar-refractivity contribution in [2.24, 2.45) is 7.05 Å². The van der Waals surface area contributed by atoms with E-state index in [2.05, 4.69) is 15.5 Å². The Balaban J connectivity index is 1.63. The van der Waals surface area contributed by atoms with E-state index >= 15 is 0 Å². The maximum atomic E-state index is 12.7. The third kappa shape index (κ3) is 5.52. The van der Waals surface area contributed by atoms with Gasteiger partial charge in [0.05, 0.1) is 5.25 Å². The second-order valence-electron chi connectivity index (χ2n) is 6.52. The number of amides is 1. The number of halogens is 1. The van der Waals surface area contributed by atoms with Gasteiger partial charge < -0.3 is 14.6 Å². The van der Waals surface area contributed by atoms with Gasteiger partial charge in [-0.15, -0.1) is 10.2 Å². The van der Waals surface area contributed by atoms with Crippen molar-refractivity contribution in [1.29, 1.82) is 0 Å². The maximum Gasteiger partial charge on any atom is 0.237 e. The first-order valence-electron chi connectivity index (χ1n) is 9.27. The van der Waals surface area contributed by atoms with Crippen LogP contribution in [0.1, 0.15) is 24.7 Å². The highest BCUT2D eigenvalue weighted by atomic mass is 35.5. The molecule has 1 aromatic heterocycles. The topological polar surface area (TPSA) is 69.0 Å². The Morgan fingerprint density at radius 1 is 1.21 bits per heavy atom. The lowest BCUT2D eigenvalue weighted by molar-refractivity contribution is -0.115. The second-order valence-corrected chi connectivity index (χ2v) is 8.13. The fourth-order valence-electron chi connectivity index (χ4n) is 2.64. The molecule has 8 heteroatoms. The molecule has 0 unspecified atom stereocenters. The third-order valence-corrected chi connectivity index (χ3v) is 6.05. The van der Waals surface area contributed by atoms with Gasteiger partial charge in [-0.2, -0.15) is 0 Å². The second kappa shape index (κ2) is 9.80. The van der Waals surface area contributed by atoms with Gasteiger partial charge in [0, 0.05) is 17.8 Å². The summed E-state index contributed by atoms with van der Waals surface area (Å²) in [6.45, 7) is 4.28. The van der Waals surface area contributed by atoms with E-state index in [4.69, 9.17) is 16.3 Å². The number of carbonyl (C=O) groups is 1. The zero-order valence-corrected chi connectivity index (χ0v) is 18.1. The quantitative estimate of drug-likeness (QED) is 0.516. The van der Waals surface area contributed by atoms with Crippen LogP contribution in [0.4, 0.5) is 5.69 Å². The molecule has 29 heavy (non-hydrogen) atoms. The minimum atomic E-state index is -0.293. The molecule has 0 fully saturated rings. The van der Waals surface area contributed by atoms with Crippen molar-refractivity contribution in [3.63, 3.8) is 0 Å². The Morgan fingerprint density at radius 2 is 1.93 bits per heavy atom. The first-order valence-corrected chi connectivity index (χ1v) is 10.5. The van der Waals surface area contributed by atoms with Crippen molar-refractivity contribution in [1.82, 2.24) is 14.8 Å². The molecule has 3 rings (SSSR count). The number of aromatic nitrogens is 3. The number of anilines is 1. The fraction of sp³-hybridized carbons (Fsp3) is 0.286. The molecule has 2 aromatic carbocycles. The van der Waals surface area contributed by atoms with Gasteiger partial charge in [0.2, 0.25) is 5.91 Å². The number of rotatable bonds is 8. The Hall–Kier alpha value is -2.51. The Kier molecular flexibility index (Phi) is 7.17. The molecule has 3 aromatic rings. The minimum absolute atomic E-state index is 0.0828. The van der Waals surface area contributed by atoms with Crippen molar-refractivity contribution in [3.05, 3.63) is 64.9 Å². The van der Waals surface area contributed by atoms with Crippen molar-refractivity contribution < 1.29 is 9.53 Å². The van der Waals surface area contributed by atoms with E-state index in [9.17, 15) is 4.79 Å². The molecule has 1 atom stereocenters. The summed E-state index contributed by atoms with van der Waals surface area (Å²) < 4.78 is 7.72. The Labute approximate surface area is 179 Å². The van der Waals surface area contributed by atoms with E-state index in [-0.39, 0.29) is 11.2 Å². The van der Waals surface area contributed by atoms with Crippen LogP contribution in [0.3, 0.4) is 0 Å². The van der Waals surface area contributed by atoms with Crippen LogP contribution < -0.4 is 10.1 Å². The highest BCUT2D eigenvalue weighted by Crippen LogP contribution is 2.26. The third-order valence-electron chi connectivity index (χ3n) is 4.40. The SMILES string of the molecule is CC[C@H](Sc1nnc(COc2ccccc2C)n1C)C(=O)Nc1ccc(Cl)cc1. The summed E-state index contributed by atoms with van der Waals surface area (Å²) in [5.74, 6) is 1.43. The molecule has 0 saturated heterocycles. The van der Waals surface area contributed by atoms with Crippen LogP contribution in [0.2, 0.25) is 5.02 Å². The van der Waals surface area contributed by atoms with Gasteiger partial charge in [-0.05, 0) is 49.2 Å². The Morgan fingerprint density at radius 3 is 2.62 bits per heavy atom. The summed E-state index contributed by atoms with van der Waals surface area (Å²) in [5.41, 5.74) is 1.78. The number of para-hydroxylation sites is 1. The molecule has 1 heterocycles. The first-order chi connectivity index (χ1) is 14.0. The van der Waals surface area contributed by atoms with Crippen LogP contribution in [0.25, 0.3) is 0 Å². The number of hydrogen-bond acceptors (Lipinski definition) is 5. The van der Waals surface area contributed by atoms with E-state index in [0.29, 0.717) is 34.7 Å². The molecule has 0 aliphatic heterocycles. The maximum absolute atomic E-state index is 12.7. The van der Waals surface area contributed by atoms with E-state index in [1.807, 2.05) is 49.7 Å². The van der Waals surface area contributed by atoms with E-state index in [0.717, 1.165) is 11.3 Å². The van der Waals surface area contributed by atoms with Gasteiger partial charge in [0.15, 0.2) is 11.0 Å². The molecular formula is C21H23ClN4O2S. The van der Waals surface area contributed by atoms with Crippen LogP contribution in [-0.2, 0) is 18.4 Å². The molecule has 0 aliphatic rings. The summed E-state index contributed by atoms with van der Waals surface area (Å²) in [6, 6.07) is 14.9. The summed E-state index contributed by atoms with van der Waals surface area (Å²) >= 11 is 7.28. The molecular weight excluding hydrogens is 408 g/mol. The van der Waals surface area contributed by atoms with Crippen molar-refractivity contribution >= 4 is 35.0 Å². The number of aryl methyl sites for hydroxylation is 1. The average Bonchev–Trinajstić information content (AvgIpc) is 3.06. The number of thioether (sulfide) groups is 1. The molecule has 0 radical (unpaired) electrons. The number of hydrogen-bond donors (Lipinski definition) is 1. The highest BCUT2D eigenvalue weighted by Gasteiger charge is 2.22. The number of ether oxygens (including phenoxy) is 1. The molecule has 0 spiro atoms. The number of nitrogens with one attached hydrogen (secondary N) is 1. The molecule has 0 aliphatic carbocycles. The van der Waals surface area contributed by atoms with E-state index in [1.54, 1.807) is 24.3 Å². The average molecular weight is 431 g/mol. The van der Waals surface area contributed by atoms with Crippen LogP contribution in [0.15, 0.2) is 53.7 Å². The van der Waals surface area contributed by atoms with Gasteiger partial charge in [-0.3, -0.25) is 4.79 Å². The number of benzene rings is 2. The van der Waals surface area contributed by atoms with Crippen molar-refractivity contribution in [3.8, 4) is 5.75 Å². The van der Waals surface area contributed by atoms with Gasteiger partial charge in [0.25, 0.3) is 0 Å². The van der Waals surface area contributed by atoms with Crippen LogP contribution >= 0.6 is 23.4 Å². The Bertz CT molecular complexity index is 975. The fourth-order valence-corrected chi connectivity index (χ4v) is 3.70. The number of carbonyl (C=O) groups excluding carboxylic acids is 1. The van der Waals surface area contributed by atoms with E-state index < -0.39 is 0 Å². The summed E-state index contributed by atoms with van der Waals surface area (Å²) in [4.78, 5) is 12.7. The lowest BCUT2D eigenvalue weighted by atomic mass is 10.2. The molecule has 6 nitrogen and oxygen atoms in total. The molecule has 1 N–H and O–H groups in total. The largest absolute Gasteiger partial charge is 0.485 e. The molecule has 152 valence electrons. The van der Waals surface area contributed by atoms with E-state index in [1.165, 1.54) is 11.8 Å². The monoisotopic (exact) mass is 430 g/mol. The predicted octanol–water partition coefficient (Wildman–Crippen LogP) is 4.87. The smallest absolute Gasteiger partial charge is 0.237 e. The van der Waals surface area contributed by atoms with Gasteiger partial charge in [0.1, 0.15) is 12.4 Å². The van der Waals surface area contributed by atoms with Crippen molar-refractivity contribution in [2.45, 2.75) is 37.3 Å². The van der Waals surface area contributed by atoms with Crippen molar-refractivity contribution in [2.75, 3.05) is 5.32 Å². The highest BCUT2D eigenvalue weighted by molar-refractivity contribution is 8.00. The zero-order valence-electron chi connectivity index (χ0n) is 16.6. The molecule has 0 bridgehead atoms. The summed E-state index contributed by atoms with van der Waals surface area (Å²) in [5, 5.41) is 12.4. The van der Waals surface area contributed by atoms with Gasteiger partial charge in [-0.1, -0.05) is 48.5 Å². The van der Waals surface area contributed by atoms with Crippen LogP contribution in [0, 0.1) is 6.92 Å². The lowest BCUT2D eigenvalue weighted by Crippen LogP contribution is -2.25. The molecule has 1 amide bonds.